The second-order valence-electron chi connectivity index (χ2n) is 11.6. The van der Waals surface area contributed by atoms with Gasteiger partial charge in [0.1, 0.15) is 0 Å². The third-order valence-electron chi connectivity index (χ3n) is 6.54. The summed E-state index contributed by atoms with van der Waals surface area (Å²) in [7, 11) is 5.84. The molecule has 0 spiro atoms. The van der Waals surface area contributed by atoms with Gasteiger partial charge < -0.3 is 23.7 Å². The van der Waals surface area contributed by atoms with Crippen LogP contribution in [0, 0.1) is 11.8 Å². The Morgan fingerprint density at radius 2 is 1.33 bits per heavy atom. The number of ether oxygens (including phenoxy) is 5. The van der Waals surface area contributed by atoms with Crippen molar-refractivity contribution in [1.29, 1.82) is 0 Å². The lowest BCUT2D eigenvalue weighted by atomic mass is 9.92. The number of methoxy groups -OCH3 is 1. The first-order valence-electron chi connectivity index (χ1n) is 14.3. The van der Waals surface area contributed by atoms with Crippen LogP contribution in [0.5, 0.6) is 0 Å². The monoisotopic (exact) mass is 518 g/mol. The van der Waals surface area contributed by atoms with E-state index in [1.807, 2.05) is 7.05 Å². The van der Waals surface area contributed by atoms with E-state index in [0.717, 1.165) is 65.0 Å². The standard InChI is InChI=1S/C29H62N2O5/c1-11-12-27(4)34-18-14-26(3)22-29(6,7)36-20-16-31(9)24-33-17-13-25(2)21-28(5)35-19-15-30(8)23-32-10/h25-28H,11-24H2,1-10H3. The van der Waals surface area contributed by atoms with Gasteiger partial charge in [0.25, 0.3) is 0 Å². The fourth-order valence-electron chi connectivity index (χ4n) is 4.45. The Labute approximate surface area is 224 Å². The van der Waals surface area contributed by atoms with Crippen LogP contribution in [0.15, 0.2) is 0 Å². The fourth-order valence-corrected chi connectivity index (χ4v) is 4.45. The third kappa shape index (κ3) is 21.8. The van der Waals surface area contributed by atoms with Crippen molar-refractivity contribution in [1.82, 2.24) is 9.80 Å². The lowest BCUT2D eigenvalue weighted by Gasteiger charge is -2.30. The maximum absolute atomic E-state index is 6.22. The highest BCUT2D eigenvalue weighted by atomic mass is 16.5. The molecule has 0 aromatic carbocycles. The molecule has 0 aliphatic carbocycles. The molecule has 0 amide bonds. The van der Waals surface area contributed by atoms with E-state index in [-0.39, 0.29) is 11.7 Å². The Hall–Kier alpha value is -0.280. The van der Waals surface area contributed by atoms with Crippen LogP contribution in [0.3, 0.4) is 0 Å². The smallest absolute Gasteiger partial charge is 0.0988 e. The van der Waals surface area contributed by atoms with Gasteiger partial charge in [-0.15, -0.1) is 0 Å². The minimum absolute atomic E-state index is 0.121. The Kier molecular flexibility index (Phi) is 21.5. The molecule has 7 nitrogen and oxygen atoms in total. The first kappa shape index (κ1) is 35.7. The van der Waals surface area contributed by atoms with Crippen molar-refractivity contribution in [3.05, 3.63) is 0 Å². The maximum atomic E-state index is 6.22. The van der Waals surface area contributed by atoms with Gasteiger partial charge in [0.05, 0.1) is 44.5 Å². The zero-order valence-electron chi connectivity index (χ0n) is 25.6. The van der Waals surface area contributed by atoms with E-state index in [1.54, 1.807) is 7.11 Å². The molecule has 0 aliphatic rings. The average Bonchev–Trinajstić information content (AvgIpc) is 2.76. The van der Waals surface area contributed by atoms with Gasteiger partial charge >= 0.3 is 0 Å². The first-order chi connectivity index (χ1) is 17.0. The Morgan fingerprint density at radius 1 is 0.722 bits per heavy atom. The Balaban J connectivity index is 3.85. The molecular formula is C29H62N2O5. The Bertz CT molecular complexity index is 494. The summed E-state index contributed by atoms with van der Waals surface area (Å²) in [4.78, 5) is 4.30. The van der Waals surface area contributed by atoms with Gasteiger partial charge in [0, 0.05) is 33.4 Å². The number of hydrogen-bond acceptors (Lipinski definition) is 7. The van der Waals surface area contributed by atoms with Crippen LogP contribution in [-0.4, -0.2) is 102 Å². The third-order valence-corrected chi connectivity index (χ3v) is 6.54. The van der Waals surface area contributed by atoms with Gasteiger partial charge in [-0.2, -0.15) is 0 Å². The molecule has 0 saturated heterocycles. The summed E-state index contributed by atoms with van der Waals surface area (Å²) in [6, 6.07) is 0. The van der Waals surface area contributed by atoms with Gasteiger partial charge in [-0.25, -0.2) is 0 Å². The predicted octanol–water partition coefficient (Wildman–Crippen LogP) is 5.67. The number of rotatable bonds is 25. The highest BCUT2D eigenvalue weighted by molar-refractivity contribution is 4.72. The van der Waals surface area contributed by atoms with Gasteiger partial charge in [-0.1, -0.05) is 27.2 Å². The molecule has 0 bridgehead atoms. The van der Waals surface area contributed by atoms with Gasteiger partial charge in [-0.3, -0.25) is 9.80 Å². The average molecular weight is 519 g/mol. The van der Waals surface area contributed by atoms with Crippen molar-refractivity contribution in [2.24, 2.45) is 11.8 Å². The quantitative estimate of drug-likeness (QED) is 0.114. The van der Waals surface area contributed by atoms with Crippen LogP contribution in [0.4, 0.5) is 0 Å². The topological polar surface area (TPSA) is 52.6 Å². The van der Waals surface area contributed by atoms with Crippen LogP contribution >= 0.6 is 0 Å². The lowest BCUT2D eigenvalue weighted by molar-refractivity contribution is -0.0526. The molecule has 0 aromatic heterocycles. The number of nitrogens with zero attached hydrogens (tertiary/aromatic N) is 2. The molecular weight excluding hydrogens is 456 g/mol. The van der Waals surface area contributed by atoms with E-state index in [2.05, 4.69) is 65.3 Å². The summed E-state index contributed by atoms with van der Waals surface area (Å²) in [5.41, 5.74) is -0.121. The maximum Gasteiger partial charge on any atom is 0.0988 e. The lowest BCUT2D eigenvalue weighted by Crippen LogP contribution is -2.33. The van der Waals surface area contributed by atoms with Crippen LogP contribution in [-0.2, 0) is 23.7 Å². The number of likely N-dealkylation sites (N-methyl/N-ethyl adjacent to an activating group) is 2. The summed E-state index contributed by atoms with van der Waals surface area (Å²) in [5.74, 6) is 1.16. The molecule has 0 aliphatic heterocycles. The summed E-state index contributed by atoms with van der Waals surface area (Å²) in [6.07, 6.45) is 7.19. The predicted molar refractivity (Wildman–Crippen MR) is 151 cm³/mol. The summed E-state index contributed by atoms with van der Waals surface area (Å²) >= 11 is 0. The zero-order chi connectivity index (χ0) is 27.4. The molecule has 0 N–H and O–H groups in total. The molecule has 36 heavy (non-hydrogen) atoms. The molecule has 218 valence electrons. The van der Waals surface area contributed by atoms with Gasteiger partial charge in [0.15, 0.2) is 0 Å². The fraction of sp³-hybridized carbons (Fsp3) is 1.00. The normalized spacial score (nSPS) is 16.0. The van der Waals surface area contributed by atoms with E-state index < -0.39 is 0 Å². The van der Waals surface area contributed by atoms with Crippen molar-refractivity contribution in [3.8, 4) is 0 Å². The van der Waals surface area contributed by atoms with Crippen LogP contribution < -0.4 is 0 Å². The minimum Gasteiger partial charge on any atom is -0.379 e. The Morgan fingerprint density at radius 3 is 2.00 bits per heavy atom. The molecule has 0 saturated carbocycles. The summed E-state index contributed by atoms with van der Waals surface area (Å²) < 4.78 is 29.1. The second kappa shape index (κ2) is 21.6. The van der Waals surface area contributed by atoms with Gasteiger partial charge in [-0.05, 0) is 85.7 Å². The molecule has 0 fully saturated rings. The van der Waals surface area contributed by atoms with Crippen molar-refractivity contribution in [3.63, 3.8) is 0 Å². The highest BCUT2D eigenvalue weighted by Gasteiger charge is 2.22. The van der Waals surface area contributed by atoms with E-state index in [1.165, 1.54) is 6.42 Å². The van der Waals surface area contributed by atoms with Crippen LogP contribution in [0.25, 0.3) is 0 Å². The SMILES string of the molecule is CCCC(C)OCCC(C)CC(C)(C)OCCN(C)COCCC(C)CC(C)OCCN(C)COC. The van der Waals surface area contributed by atoms with Crippen molar-refractivity contribution < 1.29 is 23.7 Å². The van der Waals surface area contributed by atoms with Crippen molar-refractivity contribution in [2.75, 3.05) is 74.2 Å². The van der Waals surface area contributed by atoms with Crippen molar-refractivity contribution >= 4 is 0 Å². The van der Waals surface area contributed by atoms with E-state index in [0.29, 0.717) is 38.0 Å². The molecule has 0 radical (unpaired) electrons. The van der Waals surface area contributed by atoms with Crippen molar-refractivity contribution in [2.45, 2.75) is 105 Å². The number of hydrogen-bond donors (Lipinski definition) is 0. The summed E-state index contributed by atoms with van der Waals surface area (Å²) in [6.45, 7) is 21.6. The second-order valence-corrected chi connectivity index (χ2v) is 11.6. The summed E-state index contributed by atoms with van der Waals surface area (Å²) in [5, 5.41) is 0. The van der Waals surface area contributed by atoms with Gasteiger partial charge in [0.2, 0.25) is 0 Å². The van der Waals surface area contributed by atoms with Crippen LogP contribution in [0.1, 0.15) is 87.0 Å². The zero-order valence-corrected chi connectivity index (χ0v) is 25.6. The van der Waals surface area contributed by atoms with Crippen LogP contribution in [0.2, 0.25) is 0 Å². The molecule has 7 heteroatoms. The first-order valence-corrected chi connectivity index (χ1v) is 14.3. The van der Waals surface area contributed by atoms with E-state index in [4.69, 9.17) is 23.7 Å². The molecule has 0 rings (SSSR count). The molecule has 4 unspecified atom stereocenters. The largest absolute Gasteiger partial charge is 0.379 e. The molecule has 0 heterocycles. The molecule has 4 atom stereocenters. The minimum atomic E-state index is -0.121. The highest BCUT2D eigenvalue weighted by Crippen LogP contribution is 2.23. The molecule has 0 aromatic rings. The van der Waals surface area contributed by atoms with E-state index >= 15 is 0 Å². The van der Waals surface area contributed by atoms with E-state index in [9.17, 15) is 0 Å².